The Bertz CT molecular complexity index is 397. The van der Waals surface area contributed by atoms with E-state index in [1.807, 2.05) is 0 Å². The number of aliphatic hydroxyl groups excluding tert-OH is 1. The minimum Gasteiger partial charge on any atom is -0.392 e. The van der Waals surface area contributed by atoms with E-state index in [9.17, 15) is 5.11 Å². The van der Waals surface area contributed by atoms with E-state index in [-0.39, 0.29) is 17.7 Å². The molecule has 0 amide bonds. The van der Waals surface area contributed by atoms with Crippen molar-refractivity contribution < 1.29 is 14.4 Å². The lowest BCUT2D eigenvalue weighted by atomic mass is 9.79. The Labute approximate surface area is 99.3 Å². The van der Waals surface area contributed by atoms with E-state index >= 15 is 0 Å². The van der Waals surface area contributed by atoms with Crippen molar-refractivity contribution in [2.24, 2.45) is 0 Å². The highest BCUT2D eigenvalue weighted by Gasteiger charge is 2.44. The fourth-order valence-corrected chi connectivity index (χ4v) is 2.48. The van der Waals surface area contributed by atoms with Crippen molar-refractivity contribution in [3.63, 3.8) is 0 Å². The Morgan fingerprint density at radius 2 is 2.35 bits per heavy atom. The van der Waals surface area contributed by atoms with Crippen LogP contribution < -0.4 is 5.32 Å². The van der Waals surface area contributed by atoms with Crippen LogP contribution >= 0.6 is 0 Å². The van der Waals surface area contributed by atoms with Crippen molar-refractivity contribution in [2.45, 2.75) is 43.4 Å². The average molecular weight is 239 g/mol. The van der Waals surface area contributed by atoms with E-state index in [1.54, 1.807) is 7.11 Å². The molecule has 1 aliphatic carbocycles. The van der Waals surface area contributed by atoms with E-state index in [4.69, 9.17) is 9.26 Å². The van der Waals surface area contributed by atoms with E-state index in [0.29, 0.717) is 24.7 Å². The maximum Gasteiger partial charge on any atom is 0.243 e. The van der Waals surface area contributed by atoms with Gasteiger partial charge in [-0.1, -0.05) is 5.16 Å². The van der Waals surface area contributed by atoms with Gasteiger partial charge in [0.25, 0.3) is 0 Å². The lowest BCUT2D eigenvalue weighted by Gasteiger charge is -2.37. The molecule has 17 heavy (non-hydrogen) atoms. The third-order valence-corrected chi connectivity index (χ3v) is 3.81. The number of rotatable bonds is 3. The predicted molar refractivity (Wildman–Crippen MR) is 58.2 cm³/mol. The van der Waals surface area contributed by atoms with Crippen LogP contribution in [0.3, 0.4) is 0 Å². The van der Waals surface area contributed by atoms with E-state index in [0.717, 1.165) is 19.3 Å². The van der Waals surface area contributed by atoms with Crippen molar-refractivity contribution in [1.82, 2.24) is 15.5 Å². The fourth-order valence-electron chi connectivity index (χ4n) is 2.48. The summed E-state index contributed by atoms with van der Waals surface area (Å²) in [6.07, 6.45) is 3.34. The Morgan fingerprint density at radius 1 is 1.53 bits per heavy atom. The van der Waals surface area contributed by atoms with Gasteiger partial charge < -0.3 is 19.7 Å². The van der Waals surface area contributed by atoms with Crippen LogP contribution in [-0.4, -0.2) is 35.0 Å². The first-order chi connectivity index (χ1) is 8.23. The Hall–Kier alpha value is -0.980. The van der Waals surface area contributed by atoms with Crippen LogP contribution in [0.15, 0.2) is 4.52 Å². The highest BCUT2D eigenvalue weighted by molar-refractivity contribution is 5.08. The molecule has 2 atom stereocenters. The smallest absolute Gasteiger partial charge is 0.243 e. The van der Waals surface area contributed by atoms with Crippen LogP contribution in [0, 0.1) is 0 Å². The third kappa shape index (κ3) is 1.76. The highest BCUT2D eigenvalue weighted by Crippen LogP contribution is 2.43. The summed E-state index contributed by atoms with van der Waals surface area (Å²) in [4.78, 5) is 4.42. The third-order valence-electron chi connectivity index (χ3n) is 3.81. The number of ether oxygens (including phenoxy) is 1. The normalized spacial score (nSPS) is 31.4. The quantitative estimate of drug-likeness (QED) is 0.799. The van der Waals surface area contributed by atoms with Gasteiger partial charge in [-0.2, -0.15) is 4.98 Å². The zero-order valence-electron chi connectivity index (χ0n) is 9.85. The van der Waals surface area contributed by atoms with Gasteiger partial charge in [-0.25, -0.2) is 0 Å². The van der Waals surface area contributed by atoms with Gasteiger partial charge in [-0.3, -0.25) is 0 Å². The summed E-state index contributed by atoms with van der Waals surface area (Å²) in [5.41, 5.74) is -0.334. The maximum absolute atomic E-state index is 9.45. The van der Waals surface area contributed by atoms with Crippen molar-refractivity contribution >= 4 is 0 Å². The molecule has 3 rings (SSSR count). The fraction of sp³-hybridized carbons (Fsp3) is 0.818. The summed E-state index contributed by atoms with van der Waals surface area (Å²) >= 11 is 0. The summed E-state index contributed by atoms with van der Waals surface area (Å²) < 4.78 is 10.8. The van der Waals surface area contributed by atoms with Gasteiger partial charge in [-0.15, -0.1) is 0 Å². The van der Waals surface area contributed by atoms with Crippen molar-refractivity contribution in [3.8, 4) is 0 Å². The number of hydrogen-bond donors (Lipinski definition) is 2. The molecule has 0 radical (unpaired) electrons. The molecular weight excluding hydrogens is 222 g/mol. The van der Waals surface area contributed by atoms with Crippen LogP contribution in [0.2, 0.25) is 0 Å². The standard InChI is InChI=1S/C11H17N3O3/c1-16-11(3-2-4-11)10-13-9(17-14-10)8-5-7(15)6-12-8/h7-8,12,15H,2-6H2,1H3/t7-,8-/m0/s1. The molecule has 1 saturated carbocycles. The molecule has 0 bridgehead atoms. The lowest BCUT2D eigenvalue weighted by Crippen LogP contribution is -2.37. The minimum atomic E-state index is -0.334. The number of aromatic nitrogens is 2. The largest absolute Gasteiger partial charge is 0.392 e. The SMILES string of the molecule is COC1(c2noc([C@@H]3C[C@H](O)CN3)n2)CCC1. The molecule has 0 aromatic carbocycles. The van der Waals surface area contributed by atoms with Crippen molar-refractivity contribution in [2.75, 3.05) is 13.7 Å². The molecule has 2 fully saturated rings. The van der Waals surface area contributed by atoms with Gasteiger partial charge in [0, 0.05) is 13.7 Å². The second-order valence-corrected chi connectivity index (χ2v) is 4.86. The van der Waals surface area contributed by atoms with Crippen LogP contribution in [0.5, 0.6) is 0 Å². The molecule has 0 unspecified atom stereocenters. The number of aliphatic hydroxyl groups is 1. The molecule has 94 valence electrons. The Kier molecular flexibility index (Phi) is 2.65. The summed E-state index contributed by atoms with van der Waals surface area (Å²) in [7, 11) is 1.69. The van der Waals surface area contributed by atoms with Gasteiger partial charge in [0.15, 0.2) is 0 Å². The molecule has 2 aliphatic rings. The number of β-amino-alcohol motifs (C(OH)–C–C–N with tert-alkyl or cyclic N) is 1. The number of hydrogen-bond acceptors (Lipinski definition) is 6. The molecule has 2 heterocycles. The molecule has 1 saturated heterocycles. The average Bonchev–Trinajstić information content (AvgIpc) is 2.86. The predicted octanol–water partition coefficient (Wildman–Crippen LogP) is 0.490. The second-order valence-electron chi connectivity index (χ2n) is 4.86. The summed E-state index contributed by atoms with van der Waals surface area (Å²) in [5, 5.41) is 16.6. The van der Waals surface area contributed by atoms with Crippen molar-refractivity contribution in [1.29, 1.82) is 0 Å². The van der Waals surface area contributed by atoms with Crippen LogP contribution in [0.25, 0.3) is 0 Å². The molecule has 0 spiro atoms. The molecular formula is C11H17N3O3. The molecule has 1 aliphatic heterocycles. The van der Waals surface area contributed by atoms with Crippen LogP contribution in [0.4, 0.5) is 0 Å². The number of nitrogens with zero attached hydrogens (tertiary/aromatic N) is 2. The van der Waals surface area contributed by atoms with Crippen LogP contribution in [-0.2, 0) is 10.3 Å². The van der Waals surface area contributed by atoms with Crippen molar-refractivity contribution in [3.05, 3.63) is 11.7 Å². The number of nitrogens with one attached hydrogen (secondary N) is 1. The monoisotopic (exact) mass is 239 g/mol. The highest BCUT2D eigenvalue weighted by atomic mass is 16.5. The Morgan fingerprint density at radius 3 is 2.88 bits per heavy atom. The van der Waals surface area contributed by atoms with Gasteiger partial charge in [0.05, 0.1) is 12.1 Å². The Balaban J connectivity index is 1.78. The van der Waals surface area contributed by atoms with Crippen LogP contribution in [0.1, 0.15) is 43.4 Å². The zero-order valence-corrected chi connectivity index (χ0v) is 9.85. The molecule has 1 aromatic heterocycles. The first kappa shape index (κ1) is 11.1. The van der Waals surface area contributed by atoms with E-state index < -0.39 is 0 Å². The molecule has 6 nitrogen and oxygen atoms in total. The topological polar surface area (TPSA) is 80.4 Å². The van der Waals surface area contributed by atoms with Gasteiger partial charge in [0.1, 0.15) is 5.60 Å². The zero-order chi connectivity index (χ0) is 11.9. The molecule has 2 N–H and O–H groups in total. The lowest BCUT2D eigenvalue weighted by molar-refractivity contribution is -0.0858. The summed E-state index contributed by atoms with van der Waals surface area (Å²) in [6, 6.07) is -0.0276. The van der Waals surface area contributed by atoms with Gasteiger partial charge in [0.2, 0.25) is 11.7 Å². The second kappa shape index (κ2) is 4.04. The molecule has 6 heteroatoms. The van der Waals surface area contributed by atoms with E-state index in [1.165, 1.54) is 0 Å². The maximum atomic E-state index is 9.45. The minimum absolute atomic E-state index is 0.0276. The number of methoxy groups -OCH3 is 1. The first-order valence-corrected chi connectivity index (χ1v) is 6.04. The van der Waals surface area contributed by atoms with E-state index in [2.05, 4.69) is 15.5 Å². The summed E-state index contributed by atoms with van der Waals surface area (Å²) in [6.45, 7) is 0.581. The summed E-state index contributed by atoms with van der Waals surface area (Å²) in [5.74, 6) is 1.20. The van der Waals surface area contributed by atoms with Gasteiger partial charge >= 0.3 is 0 Å². The van der Waals surface area contributed by atoms with Gasteiger partial charge in [-0.05, 0) is 25.7 Å². The first-order valence-electron chi connectivity index (χ1n) is 6.04. The molecule has 1 aromatic rings.